The van der Waals surface area contributed by atoms with E-state index in [1.54, 1.807) is 22.4 Å². The molecule has 0 aliphatic carbocycles. The van der Waals surface area contributed by atoms with Gasteiger partial charge in [-0.15, -0.1) is 11.3 Å². The first kappa shape index (κ1) is 30.3. The summed E-state index contributed by atoms with van der Waals surface area (Å²) in [5.41, 5.74) is 2.27. The van der Waals surface area contributed by atoms with Crippen molar-refractivity contribution in [1.29, 1.82) is 0 Å². The van der Waals surface area contributed by atoms with Gasteiger partial charge in [0, 0.05) is 32.1 Å². The van der Waals surface area contributed by atoms with Gasteiger partial charge in [-0.1, -0.05) is 30.3 Å². The molecule has 37 heavy (non-hydrogen) atoms. The van der Waals surface area contributed by atoms with E-state index in [9.17, 15) is 26.4 Å². The molecule has 0 fully saturated rings. The SMILES string of the molecule is CN(CCc1ccc(C2=NCCN2)cc1)C(=O)CCCNCS(=O)(=O)c1cccs1.O=C(O)C(F)(F)F. The number of aliphatic imine (C=N–C) groups is 1. The van der Waals surface area contributed by atoms with Crippen molar-refractivity contribution in [1.82, 2.24) is 15.5 Å². The Balaban J connectivity index is 0.000000604. The summed E-state index contributed by atoms with van der Waals surface area (Å²) in [6.07, 6.45) is -3.29. The number of sulfone groups is 1. The summed E-state index contributed by atoms with van der Waals surface area (Å²) in [5.74, 6) is -1.84. The van der Waals surface area contributed by atoms with Crippen molar-refractivity contribution in [2.75, 3.05) is 39.1 Å². The highest BCUT2D eigenvalue weighted by Gasteiger charge is 2.38. The van der Waals surface area contributed by atoms with Crippen LogP contribution in [-0.2, 0) is 25.8 Å². The molecule has 0 saturated heterocycles. The summed E-state index contributed by atoms with van der Waals surface area (Å²) < 4.78 is 56.3. The summed E-state index contributed by atoms with van der Waals surface area (Å²) in [4.78, 5) is 27.3. The van der Waals surface area contributed by atoms with Crippen LogP contribution in [0.25, 0.3) is 0 Å². The number of halogens is 3. The van der Waals surface area contributed by atoms with Crippen LogP contribution in [-0.4, -0.2) is 81.4 Å². The third-order valence-corrected chi connectivity index (χ3v) is 8.19. The Labute approximate surface area is 217 Å². The zero-order valence-corrected chi connectivity index (χ0v) is 21.8. The third-order valence-electron chi connectivity index (χ3n) is 5.14. The second kappa shape index (κ2) is 14.1. The second-order valence-electron chi connectivity index (χ2n) is 8.02. The van der Waals surface area contributed by atoms with Crippen LogP contribution in [0.15, 0.2) is 51.0 Å². The minimum atomic E-state index is -5.08. The van der Waals surface area contributed by atoms with E-state index >= 15 is 0 Å². The van der Waals surface area contributed by atoms with Gasteiger partial charge in [-0.3, -0.25) is 9.79 Å². The molecule has 0 bridgehead atoms. The number of nitrogens with zero attached hydrogens (tertiary/aromatic N) is 2. The first-order valence-corrected chi connectivity index (χ1v) is 13.8. The second-order valence-corrected chi connectivity index (χ2v) is 11.2. The smallest absolute Gasteiger partial charge is 0.475 e. The van der Waals surface area contributed by atoms with E-state index in [0.29, 0.717) is 30.1 Å². The molecule has 3 N–H and O–H groups in total. The van der Waals surface area contributed by atoms with Crippen molar-refractivity contribution in [3.05, 3.63) is 52.9 Å². The standard InChI is InChI=1S/C21H28N4O3S2.C2HF3O2/c1-25(14-10-17-6-8-18(9-7-17)21-23-12-13-24-21)19(26)4-2-11-22-16-30(27,28)20-5-3-15-29-20;3-2(4,5)1(6)7/h3,5-9,15,22H,2,4,10-14,16H2,1H3,(H,23,24);(H,6,7). The molecule has 2 heterocycles. The zero-order valence-electron chi connectivity index (χ0n) is 20.1. The average Bonchev–Trinajstić information content (AvgIpc) is 3.57. The van der Waals surface area contributed by atoms with Crippen LogP contribution in [0.4, 0.5) is 13.2 Å². The van der Waals surface area contributed by atoms with E-state index in [4.69, 9.17) is 9.90 Å². The van der Waals surface area contributed by atoms with Crippen molar-refractivity contribution in [3.8, 4) is 0 Å². The molecular weight excluding hydrogens is 533 g/mol. The number of amides is 1. The summed E-state index contributed by atoms with van der Waals surface area (Å²) in [6.45, 7) is 2.86. The number of carbonyl (C=O) groups is 2. The molecule has 204 valence electrons. The molecule has 1 amide bonds. The summed E-state index contributed by atoms with van der Waals surface area (Å²) in [5, 5.41) is 15.1. The number of hydrogen-bond acceptors (Lipinski definition) is 8. The maximum absolute atomic E-state index is 12.3. The highest BCUT2D eigenvalue weighted by atomic mass is 32.2. The van der Waals surface area contributed by atoms with Crippen LogP contribution in [0.2, 0.25) is 0 Å². The average molecular weight is 563 g/mol. The number of benzene rings is 1. The zero-order chi connectivity index (χ0) is 27.5. The van der Waals surface area contributed by atoms with Crippen LogP contribution in [0, 0.1) is 0 Å². The number of likely N-dealkylation sites (N-methyl/N-ethyl adjacent to an activating group) is 1. The van der Waals surface area contributed by atoms with E-state index in [-0.39, 0.29) is 11.8 Å². The number of carbonyl (C=O) groups excluding carboxylic acids is 1. The van der Waals surface area contributed by atoms with E-state index < -0.39 is 22.0 Å². The normalized spacial score (nSPS) is 13.2. The fourth-order valence-electron chi connectivity index (χ4n) is 3.12. The molecule has 1 aromatic heterocycles. The maximum Gasteiger partial charge on any atom is 0.490 e. The lowest BCUT2D eigenvalue weighted by atomic mass is 10.1. The Bertz CT molecular complexity index is 1150. The van der Waals surface area contributed by atoms with Crippen molar-refractivity contribution < 1.29 is 36.3 Å². The van der Waals surface area contributed by atoms with Gasteiger partial charge in [0.25, 0.3) is 0 Å². The fourth-order valence-corrected chi connectivity index (χ4v) is 5.34. The lowest BCUT2D eigenvalue weighted by molar-refractivity contribution is -0.192. The number of alkyl halides is 3. The van der Waals surface area contributed by atoms with Crippen molar-refractivity contribution in [2.45, 2.75) is 29.6 Å². The van der Waals surface area contributed by atoms with Crippen molar-refractivity contribution >= 4 is 38.9 Å². The van der Waals surface area contributed by atoms with Gasteiger partial charge in [0.1, 0.15) is 15.9 Å². The molecule has 3 rings (SSSR count). The van der Waals surface area contributed by atoms with Crippen LogP contribution in [0.1, 0.15) is 24.0 Å². The number of thiophene rings is 1. The van der Waals surface area contributed by atoms with E-state index in [2.05, 4.69) is 39.9 Å². The van der Waals surface area contributed by atoms with Gasteiger partial charge in [0.05, 0.1) is 6.54 Å². The summed E-state index contributed by atoms with van der Waals surface area (Å²) in [6, 6.07) is 11.6. The molecule has 1 aliphatic rings. The molecule has 1 aliphatic heterocycles. The monoisotopic (exact) mass is 562 g/mol. The van der Waals surface area contributed by atoms with E-state index in [1.807, 2.05) is 7.05 Å². The Morgan fingerprint density at radius 3 is 2.43 bits per heavy atom. The minimum Gasteiger partial charge on any atom is -0.475 e. The van der Waals surface area contributed by atoms with Gasteiger partial charge in [-0.2, -0.15) is 13.2 Å². The van der Waals surface area contributed by atoms with E-state index in [1.165, 1.54) is 16.9 Å². The number of nitrogens with one attached hydrogen (secondary N) is 2. The number of carboxylic acids is 1. The third kappa shape index (κ3) is 10.5. The quantitative estimate of drug-likeness (QED) is 0.359. The largest absolute Gasteiger partial charge is 0.490 e. The topological polar surface area (TPSA) is 128 Å². The minimum absolute atomic E-state index is 0.0686. The highest BCUT2D eigenvalue weighted by Crippen LogP contribution is 2.16. The molecule has 0 atom stereocenters. The number of hydrogen-bond donors (Lipinski definition) is 3. The number of carboxylic acid groups (broad SMARTS) is 1. The Hall–Kier alpha value is -2.97. The van der Waals surface area contributed by atoms with E-state index in [0.717, 1.165) is 30.9 Å². The van der Waals surface area contributed by atoms with Gasteiger partial charge in [-0.05, 0) is 36.4 Å². The van der Waals surface area contributed by atoms with Crippen LogP contribution in [0.3, 0.4) is 0 Å². The van der Waals surface area contributed by atoms with Crippen LogP contribution >= 0.6 is 11.3 Å². The maximum atomic E-state index is 12.3. The molecule has 9 nitrogen and oxygen atoms in total. The lowest BCUT2D eigenvalue weighted by Gasteiger charge is -2.17. The number of rotatable bonds is 11. The number of amidine groups is 1. The van der Waals surface area contributed by atoms with Gasteiger partial charge < -0.3 is 20.6 Å². The molecule has 0 saturated carbocycles. The first-order valence-electron chi connectivity index (χ1n) is 11.3. The van der Waals surface area contributed by atoms with Gasteiger partial charge >= 0.3 is 12.1 Å². The molecule has 14 heteroatoms. The van der Waals surface area contributed by atoms with Crippen molar-refractivity contribution in [3.63, 3.8) is 0 Å². The summed E-state index contributed by atoms with van der Waals surface area (Å²) in [7, 11) is -1.47. The highest BCUT2D eigenvalue weighted by molar-refractivity contribution is 7.93. The Kier molecular flexibility index (Phi) is 11.5. The first-order chi connectivity index (χ1) is 17.4. The van der Waals surface area contributed by atoms with Crippen LogP contribution < -0.4 is 10.6 Å². The molecule has 0 radical (unpaired) electrons. The summed E-state index contributed by atoms with van der Waals surface area (Å²) >= 11 is 1.22. The molecular formula is C23H29F3N4O5S2. The number of aliphatic carboxylic acids is 1. The van der Waals surface area contributed by atoms with Crippen LogP contribution in [0.5, 0.6) is 0 Å². The molecule has 2 aromatic rings. The van der Waals surface area contributed by atoms with Gasteiger partial charge in [0.2, 0.25) is 15.7 Å². The Morgan fingerprint density at radius 1 is 1.22 bits per heavy atom. The van der Waals surface area contributed by atoms with Gasteiger partial charge in [-0.25, -0.2) is 13.2 Å². The fraction of sp³-hybridized carbons (Fsp3) is 0.435. The molecule has 1 aromatic carbocycles. The van der Waals surface area contributed by atoms with Gasteiger partial charge in [0.15, 0.2) is 0 Å². The Morgan fingerprint density at radius 2 is 1.89 bits per heavy atom. The predicted octanol–water partition coefficient (Wildman–Crippen LogP) is 2.53. The predicted molar refractivity (Wildman–Crippen MR) is 134 cm³/mol. The van der Waals surface area contributed by atoms with Crippen molar-refractivity contribution in [2.24, 2.45) is 4.99 Å². The molecule has 0 spiro atoms. The molecule has 0 unspecified atom stereocenters. The lowest BCUT2D eigenvalue weighted by Crippen LogP contribution is -2.30.